The molecule has 0 aliphatic carbocycles. The molecule has 0 aliphatic heterocycles. The van der Waals surface area contributed by atoms with Crippen molar-refractivity contribution in [3.63, 3.8) is 0 Å². The highest BCUT2D eigenvalue weighted by molar-refractivity contribution is 9.11. The van der Waals surface area contributed by atoms with E-state index in [9.17, 15) is 12.8 Å². The summed E-state index contributed by atoms with van der Waals surface area (Å²) >= 11 is 6.37. The molecular formula is C11H8Br2FN3O2S. The Morgan fingerprint density at radius 3 is 2.50 bits per heavy atom. The minimum Gasteiger partial charge on any atom is -0.398 e. The van der Waals surface area contributed by atoms with Crippen molar-refractivity contribution in [2.75, 3.05) is 10.5 Å². The maximum absolute atomic E-state index is 12.7. The summed E-state index contributed by atoms with van der Waals surface area (Å²) in [6.07, 6.45) is 1.08. The van der Waals surface area contributed by atoms with Crippen LogP contribution in [-0.4, -0.2) is 13.4 Å². The van der Waals surface area contributed by atoms with Crippen molar-refractivity contribution in [1.82, 2.24) is 4.98 Å². The van der Waals surface area contributed by atoms with Gasteiger partial charge in [0.1, 0.15) is 4.90 Å². The molecule has 0 radical (unpaired) electrons. The first-order valence-corrected chi connectivity index (χ1v) is 8.25. The zero-order chi connectivity index (χ0) is 14.9. The molecule has 0 spiro atoms. The molecule has 3 N–H and O–H groups in total. The molecule has 0 saturated heterocycles. The number of hydrogen-bond donors (Lipinski definition) is 2. The van der Waals surface area contributed by atoms with Gasteiger partial charge in [0, 0.05) is 8.95 Å². The van der Waals surface area contributed by atoms with Crippen LogP contribution in [0.1, 0.15) is 0 Å². The van der Waals surface area contributed by atoms with Crippen LogP contribution in [0.3, 0.4) is 0 Å². The Kier molecular flexibility index (Phi) is 4.31. The average Bonchev–Trinajstić information content (AvgIpc) is 2.30. The lowest BCUT2D eigenvalue weighted by molar-refractivity contribution is 0.583. The molecule has 0 fully saturated rings. The summed E-state index contributed by atoms with van der Waals surface area (Å²) in [5.41, 5.74) is 5.95. The largest absolute Gasteiger partial charge is 0.398 e. The predicted octanol–water partition coefficient (Wildman–Crippen LogP) is 3.13. The third-order valence-electron chi connectivity index (χ3n) is 2.29. The van der Waals surface area contributed by atoms with Gasteiger partial charge in [0.15, 0.2) is 0 Å². The lowest BCUT2D eigenvalue weighted by Gasteiger charge is -2.12. The van der Waals surface area contributed by atoms with E-state index < -0.39 is 16.0 Å². The molecule has 9 heteroatoms. The van der Waals surface area contributed by atoms with Gasteiger partial charge in [-0.1, -0.05) is 15.9 Å². The minimum absolute atomic E-state index is 0.0776. The summed E-state index contributed by atoms with van der Waals surface area (Å²) in [5, 5.41) is 0. The van der Waals surface area contributed by atoms with Gasteiger partial charge in [0.2, 0.25) is 5.95 Å². The fraction of sp³-hybridized carbons (Fsp3) is 0. The summed E-state index contributed by atoms with van der Waals surface area (Å²) < 4.78 is 40.5. The van der Waals surface area contributed by atoms with Crippen LogP contribution in [0.5, 0.6) is 0 Å². The summed E-state index contributed by atoms with van der Waals surface area (Å²) in [6.45, 7) is 0. The summed E-state index contributed by atoms with van der Waals surface area (Å²) in [5.74, 6) is -0.697. The number of aromatic nitrogens is 1. The van der Waals surface area contributed by atoms with Crippen molar-refractivity contribution in [3.8, 4) is 0 Å². The normalized spacial score (nSPS) is 11.3. The monoisotopic (exact) mass is 423 g/mol. The first kappa shape index (κ1) is 15.2. The second kappa shape index (κ2) is 5.66. The quantitative estimate of drug-likeness (QED) is 0.585. The number of nitrogen functional groups attached to an aromatic ring is 1. The Morgan fingerprint density at radius 2 is 1.95 bits per heavy atom. The van der Waals surface area contributed by atoms with E-state index in [0.29, 0.717) is 8.95 Å². The molecule has 0 saturated carbocycles. The van der Waals surface area contributed by atoms with Crippen molar-refractivity contribution in [2.24, 2.45) is 0 Å². The molecule has 0 unspecified atom stereocenters. The third kappa shape index (κ3) is 3.28. The van der Waals surface area contributed by atoms with Crippen LogP contribution in [0, 0.1) is 5.95 Å². The van der Waals surface area contributed by atoms with Crippen LogP contribution >= 0.6 is 31.9 Å². The Balaban J connectivity index is 2.43. The average molecular weight is 425 g/mol. The van der Waals surface area contributed by atoms with Crippen molar-refractivity contribution in [2.45, 2.75) is 4.90 Å². The molecule has 106 valence electrons. The van der Waals surface area contributed by atoms with Crippen LogP contribution in [0.15, 0.2) is 44.3 Å². The van der Waals surface area contributed by atoms with E-state index in [1.165, 1.54) is 12.1 Å². The highest BCUT2D eigenvalue weighted by Crippen LogP contribution is 2.32. The van der Waals surface area contributed by atoms with E-state index in [0.717, 1.165) is 12.3 Å². The van der Waals surface area contributed by atoms with E-state index in [4.69, 9.17) is 5.73 Å². The number of halogens is 3. The number of nitrogens with two attached hydrogens (primary N) is 1. The van der Waals surface area contributed by atoms with Gasteiger partial charge in [-0.2, -0.15) is 4.39 Å². The first-order valence-electron chi connectivity index (χ1n) is 5.18. The molecular weight excluding hydrogens is 417 g/mol. The molecule has 0 aliphatic rings. The molecule has 0 amide bonds. The fourth-order valence-corrected chi connectivity index (χ4v) is 4.62. The molecule has 20 heavy (non-hydrogen) atoms. The van der Waals surface area contributed by atoms with Gasteiger partial charge in [-0.3, -0.25) is 4.72 Å². The summed E-state index contributed by atoms with van der Waals surface area (Å²) in [6, 6.07) is 5.36. The van der Waals surface area contributed by atoms with Crippen LogP contribution in [0.25, 0.3) is 0 Å². The second-order valence-corrected chi connectivity index (χ2v) is 7.17. The SMILES string of the molecule is Nc1cc(Br)cc(Br)c1S(=O)(=O)Nc1ccc(F)nc1. The second-order valence-electron chi connectivity index (χ2n) is 3.78. The zero-order valence-corrected chi connectivity index (χ0v) is 13.8. The third-order valence-corrected chi connectivity index (χ3v) is 5.13. The highest BCUT2D eigenvalue weighted by Gasteiger charge is 2.22. The van der Waals surface area contributed by atoms with Crippen LogP contribution in [-0.2, 0) is 10.0 Å². The Hall–Kier alpha value is -1.19. The number of nitrogens with zero attached hydrogens (tertiary/aromatic N) is 1. The van der Waals surface area contributed by atoms with Gasteiger partial charge in [-0.25, -0.2) is 13.4 Å². The molecule has 2 aromatic rings. The molecule has 5 nitrogen and oxygen atoms in total. The van der Waals surface area contributed by atoms with E-state index in [-0.39, 0.29) is 16.3 Å². The number of pyridine rings is 1. The summed E-state index contributed by atoms with van der Waals surface area (Å²) in [7, 11) is -3.91. The topological polar surface area (TPSA) is 85.1 Å². The first-order chi connectivity index (χ1) is 9.29. The van der Waals surface area contributed by atoms with Crippen molar-refractivity contribution in [3.05, 3.63) is 45.4 Å². The number of benzene rings is 1. The number of anilines is 2. The molecule has 1 heterocycles. The van der Waals surface area contributed by atoms with Gasteiger partial charge in [0.25, 0.3) is 10.0 Å². The smallest absolute Gasteiger partial charge is 0.265 e. The lowest BCUT2D eigenvalue weighted by atomic mass is 10.3. The van der Waals surface area contributed by atoms with Crippen molar-refractivity contribution in [1.29, 1.82) is 0 Å². The molecule has 0 bridgehead atoms. The van der Waals surface area contributed by atoms with Gasteiger partial charge >= 0.3 is 0 Å². The molecule has 1 aromatic heterocycles. The number of sulfonamides is 1. The highest BCUT2D eigenvalue weighted by atomic mass is 79.9. The lowest BCUT2D eigenvalue weighted by Crippen LogP contribution is -2.15. The number of hydrogen-bond acceptors (Lipinski definition) is 4. The minimum atomic E-state index is -3.91. The van der Waals surface area contributed by atoms with Gasteiger partial charge in [-0.05, 0) is 40.2 Å². The Labute approximate surface area is 131 Å². The Bertz CT molecular complexity index is 728. The van der Waals surface area contributed by atoms with Crippen molar-refractivity contribution >= 4 is 53.3 Å². The maximum atomic E-state index is 12.7. The van der Waals surface area contributed by atoms with Gasteiger partial charge < -0.3 is 5.73 Å². The molecule has 2 rings (SSSR count). The van der Waals surface area contributed by atoms with Crippen LogP contribution < -0.4 is 10.5 Å². The maximum Gasteiger partial charge on any atom is 0.265 e. The fourth-order valence-electron chi connectivity index (χ4n) is 1.51. The van der Waals surface area contributed by atoms with E-state index in [1.54, 1.807) is 6.07 Å². The molecule has 0 atom stereocenters. The molecule has 1 aromatic carbocycles. The van der Waals surface area contributed by atoms with Crippen LogP contribution in [0.2, 0.25) is 0 Å². The number of nitrogens with one attached hydrogen (secondary N) is 1. The van der Waals surface area contributed by atoms with E-state index in [1.807, 2.05) is 0 Å². The summed E-state index contributed by atoms with van der Waals surface area (Å²) in [4.78, 5) is 3.28. The standard InChI is InChI=1S/C11H8Br2FN3O2S/c12-6-3-8(13)11(9(15)4-6)20(18,19)17-7-1-2-10(14)16-5-7/h1-5,17H,15H2. The van der Waals surface area contributed by atoms with Gasteiger partial charge in [-0.15, -0.1) is 0 Å². The van der Waals surface area contributed by atoms with Gasteiger partial charge in [0.05, 0.1) is 17.6 Å². The van der Waals surface area contributed by atoms with E-state index >= 15 is 0 Å². The van der Waals surface area contributed by atoms with E-state index in [2.05, 4.69) is 41.6 Å². The number of rotatable bonds is 3. The zero-order valence-electron chi connectivity index (χ0n) is 9.77. The predicted molar refractivity (Wildman–Crippen MR) is 81.3 cm³/mol. The van der Waals surface area contributed by atoms with Crippen LogP contribution in [0.4, 0.5) is 15.8 Å². The Morgan fingerprint density at radius 1 is 1.25 bits per heavy atom. The van der Waals surface area contributed by atoms with Crippen molar-refractivity contribution < 1.29 is 12.8 Å².